The fourth-order valence-electron chi connectivity index (χ4n) is 3.53. The summed E-state index contributed by atoms with van der Waals surface area (Å²) in [4.78, 5) is 14.6. The number of aliphatic hydroxyl groups is 1. The normalized spacial score (nSPS) is 26.4. The summed E-state index contributed by atoms with van der Waals surface area (Å²) in [6.45, 7) is 6.14. The molecule has 142 valence electrons. The van der Waals surface area contributed by atoms with Crippen molar-refractivity contribution in [3.8, 4) is 0 Å². The van der Waals surface area contributed by atoms with Gasteiger partial charge in [0.1, 0.15) is 0 Å². The Bertz CT molecular complexity index is 542. The number of amides is 1. The van der Waals surface area contributed by atoms with Crippen LogP contribution in [0.5, 0.6) is 0 Å². The molecular weight excluding hydrogens is 361 g/mol. The number of nitrogens with zero attached hydrogens (tertiary/aromatic N) is 1. The molecule has 2 aliphatic rings. The van der Waals surface area contributed by atoms with Crippen molar-refractivity contribution in [3.05, 3.63) is 29.8 Å². The molecule has 7 heteroatoms. The number of rotatable bonds is 4. The number of halogens is 2. The molecule has 5 nitrogen and oxygen atoms in total. The zero-order chi connectivity index (χ0) is 16.2. The van der Waals surface area contributed by atoms with E-state index in [0.717, 1.165) is 18.2 Å². The van der Waals surface area contributed by atoms with E-state index in [1.165, 1.54) is 31.5 Å². The highest BCUT2D eigenvalue weighted by atomic mass is 35.5. The summed E-state index contributed by atoms with van der Waals surface area (Å²) in [7, 11) is 0. The minimum Gasteiger partial charge on any atom is -0.392 e. The minimum absolute atomic E-state index is 0. The van der Waals surface area contributed by atoms with Crippen molar-refractivity contribution in [2.45, 2.75) is 44.9 Å². The number of hydrogen-bond acceptors (Lipinski definition) is 4. The highest BCUT2D eigenvalue weighted by Crippen LogP contribution is 2.19. The van der Waals surface area contributed by atoms with E-state index in [1.807, 2.05) is 12.1 Å². The number of anilines is 1. The third-order valence-corrected chi connectivity index (χ3v) is 4.79. The summed E-state index contributed by atoms with van der Waals surface area (Å²) in [6.07, 6.45) is 2.69. The average molecular weight is 390 g/mol. The van der Waals surface area contributed by atoms with Crippen LogP contribution < -0.4 is 10.6 Å². The van der Waals surface area contributed by atoms with Gasteiger partial charge in [0.2, 0.25) is 5.91 Å². The number of carbonyl (C=O) groups is 1. The van der Waals surface area contributed by atoms with Crippen LogP contribution in [-0.4, -0.2) is 47.7 Å². The van der Waals surface area contributed by atoms with Crippen molar-refractivity contribution >= 4 is 36.4 Å². The van der Waals surface area contributed by atoms with Crippen LogP contribution in [0, 0.1) is 5.92 Å². The van der Waals surface area contributed by atoms with Gasteiger partial charge in [-0.25, -0.2) is 0 Å². The van der Waals surface area contributed by atoms with Crippen LogP contribution in [0.3, 0.4) is 0 Å². The molecule has 2 saturated heterocycles. The molecule has 2 fully saturated rings. The fourth-order valence-corrected chi connectivity index (χ4v) is 3.53. The highest BCUT2D eigenvalue weighted by Gasteiger charge is 2.27. The molecule has 1 aromatic carbocycles. The van der Waals surface area contributed by atoms with E-state index >= 15 is 0 Å². The number of nitrogens with one attached hydrogen (secondary N) is 2. The van der Waals surface area contributed by atoms with E-state index in [0.29, 0.717) is 13.0 Å². The maximum atomic E-state index is 12.1. The number of piperidine rings is 1. The van der Waals surface area contributed by atoms with Gasteiger partial charge in [0.05, 0.1) is 12.1 Å². The van der Waals surface area contributed by atoms with E-state index in [2.05, 4.69) is 34.6 Å². The van der Waals surface area contributed by atoms with Crippen molar-refractivity contribution in [3.63, 3.8) is 0 Å². The third kappa shape index (κ3) is 6.42. The number of carbonyl (C=O) groups excluding carboxylic acids is 1. The number of β-amino-alcohol motifs (C(OH)–C–C–N with tert-alkyl or cyclic N) is 1. The average Bonchev–Trinajstić information content (AvgIpc) is 2.96. The van der Waals surface area contributed by atoms with Gasteiger partial charge in [0, 0.05) is 25.3 Å². The summed E-state index contributed by atoms with van der Waals surface area (Å²) >= 11 is 0. The maximum absolute atomic E-state index is 12.1. The lowest BCUT2D eigenvalue weighted by molar-refractivity contribution is -0.117. The van der Waals surface area contributed by atoms with Crippen LogP contribution in [-0.2, 0) is 11.3 Å². The van der Waals surface area contributed by atoms with Gasteiger partial charge in [0.15, 0.2) is 0 Å². The summed E-state index contributed by atoms with van der Waals surface area (Å²) in [5.41, 5.74) is 2.10. The van der Waals surface area contributed by atoms with Gasteiger partial charge in [-0.3, -0.25) is 9.69 Å². The molecule has 3 N–H and O–H groups in total. The standard InChI is InChI=1S/C18H27N3O2.2ClH/c1-13-3-2-8-21(11-13)12-14-4-6-15(7-5-14)20-18(23)17-9-16(22)10-19-17;;/h4-7,13,16-17,19,22H,2-3,8-12H2,1H3,(H,20,23);2*1H. The van der Waals surface area contributed by atoms with Gasteiger partial charge < -0.3 is 15.7 Å². The Morgan fingerprint density at radius 1 is 1.32 bits per heavy atom. The van der Waals surface area contributed by atoms with Crippen molar-refractivity contribution in [1.29, 1.82) is 0 Å². The van der Waals surface area contributed by atoms with Crippen LogP contribution in [0.15, 0.2) is 24.3 Å². The first-order valence-corrected chi connectivity index (χ1v) is 8.64. The molecule has 3 atom stereocenters. The Balaban J connectivity index is 0.00000156. The Labute approximate surface area is 162 Å². The lowest BCUT2D eigenvalue weighted by atomic mass is 10.00. The molecule has 0 bridgehead atoms. The summed E-state index contributed by atoms with van der Waals surface area (Å²) in [6, 6.07) is 7.81. The summed E-state index contributed by atoms with van der Waals surface area (Å²) in [5.74, 6) is 0.718. The monoisotopic (exact) mass is 389 g/mol. The predicted molar refractivity (Wildman–Crippen MR) is 106 cm³/mol. The third-order valence-electron chi connectivity index (χ3n) is 4.79. The van der Waals surface area contributed by atoms with Crippen LogP contribution in [0.2, 0.25) is 0 Å². The number of aliphatic hydroxyl groups excluding tert-OH is 1. The van der Waals surface area contributed by atoms with Crippen molar-refractivity contribution in [2.24, 2.45) is 5.92 Å². The smallest absolute Gasteiger partial charge is 0.241 e. The van der Waals surface area contributed by atoms with Crippen molar-refractivity contribution in [1.82, 2.24) is 10.2 Å². The van der Waals surface area contributed by atoms with Crippen LogP contribution in [0.25, 0.3) is 0 Å². The fraction of sp³-hybridized carbons (Fsp3) is 0.611. The number of benzene rings is 1. The lowest BCUT2D eigenvalue weighted by Crippen LogP contribution is -2.35. The number of hydrogen-bond donors (Lipinski definition) is 3. The Morgan fingerprint density at radius 2 is 2.04 bits per heavy atom. The molecular formula is C18H29Cl2N3O2. The van der Waals surface area contributed by atoms with Gasteiger partial charge in [-0.1, -0.05) is 19.1 Å². The van der Waals surface area contributed by atoms with Crippen LogP contribution in [0.1, 0.15) is 31.7 Å². The van der Waals surface area contributed by atoms with Crippen molar-refractivity contribution in [2.75, 3.05) is 25.0 Å². The van der Waals surface area contributed by atoms with Crippen LogP contribution >= 0.6 is 24.8 Å². The first-order valence-electron chi connectivity index (χ1n) is 8.64. The predicted octanol–water partition coefficient (Wildman–Crippen LogP) is 2.42. The molecule has 0 spiro atoms. The number of likely N-dealkylation sites (tertiary alicyclic amines) is 1. The first kappa shape index (κ1) is 22.2. The van der Waals surface area contributed by atoms with E-state index in [1.54, 1.807) is 0 Å². The zero-order valence-corrected chi connectivity index (χ0v) is 16.2. The highest BCUT2D eigenvalue weighted by molar-refractivity contribution is 5.95. The lowest BCUT2D eigenvalue weighted by Gasteiger charge is -2.30. The van der Waals surface area contributed by atoms with Gasteiger partial charge in [-0.15, -0.1) is 24.8 Å². The van der Waals surface area contributed by atoms with E-state index in [4.69, 9.17) is 0 Å². The van der Waals surface area contributed by atoms with Crippen LogP contribution in [0.4, 0.5) is 5.69 Å². The van der Waals surface area contributed by atoms with Gasteiger partial charge in [0.25, 0.3) is 0 Å². The van der Waals surface area contributed by atoms with E-state index in [-0.39, 0.29) is 36.8 Å². The quantitative estimate of drug-likeness (QED) is 0.739. The summed E-state index contributed by atoms with van der Waals surface area (Å²) in [5, 5.41) is 15.4. The molecule has 2 heterocycles. The first-order chi connectivity index (χ1) is 11.1. The Morgan fingerprint density at radius 3 is 2.64 bits per heavy atom. The zero-order valence-electron chi connectivity index (χ0n) is 14.6. The van der Waals surface area contributed by atoms with Gasteiger partial charge >= 0.3 is 0 Å². The second-order valence-electron chi connectivity index (χ2n) is 7.02. The molecule has 2 aliphatic heterocycles. The molecule has 0 aromatic heterocycles. The Kier molecular flexibility index (Phi) is 9.17. The second kappa shape index (κ2) is 10.3. The Hall–Kier alpha value is -0.850. The topological polar surface area (TPSA) is 64.6 Å². The van der Waals surface area contributed by atoms with Gasteiger partial charge in [-0.2, -0.15) is 0 Å². The minimum atomic E-state index is -0.417. The second-order valence-corrected chi connectivity index (χ2v) is 7.02. The molecule has 0 saturated carbocycles. The van der Waals surface area contributed by atoms with E-state index in [9.17, 15) is 9.90 Å². The van der Waals surface area contributed by atoms with Gasteiger partial charge in [-0.05, 0) is 49.4 Å². The molecule has 1 aromatic rings. The molecule has 25 heavy (non-hydrogen) atoms. The molecule has 0 aliphatic carbocycles. The molecule has 3 rings (SSSR count). The molecule has 1 amide bonds. The van der Waals surface area contributed by atoms with E-state index < -0.39 is 6.10 Å². The largest absolute Gasteiger partial charge is 0.392 e. The molecule has 0 radical (unpaired) electrons. The summed E-state index contributed by atoms with van der Waals surface area (Å²) < 4.78 is 0. The van der Waals surface area contributed by atoms with Crippen molar-refractivity contribution < 1.29 is 9.90 Å². The maximum Gasteiger partial charge on any atom is 0.241 e. The molecule has 3 unspecified atom stereocenters. The SMILES string of the molecule is CC1CCCN(Cc2ccc(NC(=O)C3CC(O)CN3)cc2)C1.Cl.Cl.